The Morgan fingerprint density at radius 3 is 2.81 bits per heavy atom. The van der Waals surface area contributed by atoms with Crippen LogP contribution in [0.1, 0.15) is 37.7 Å². The average molecular weight is 217 g/mol. The molecule has 0 aromatic heterocycles. The minimum atomic E-state index is 0.407. The Hall–Kier alpha value is -1.31. The number of hydrogen-bond acceptors (Lipinski definition) is 1. The Labute approximate surface area is 97.3 Å². The minimum absolute atomic E-state index is 0.407. The molecule has 2 unspecified atom stereocenters. The third kappa shape index (κ3) is 2.11. The van der Waals surface area contributed by atoms with Crippen molar-refractivity contribution in [2.75, 3.05) is 6.54 Å². The van der Waals surface area contributed by atoms with Gasteiger partial charge in [-0.1, -0.05) is 37.3 Å². The van der Waals surface area contributed by atoms with E-state index in [9.17, 15) is 4.79 Å². The number of nitrogens with zero attached hydrogens (tertiary/aromatic N) is 1. The van der Waals surface area contributed by atoms with E-state index in [1.807, 2.05) is 11.0 Å². The third-order valence-electron chi connectivity index (χ3n) is 3.61. The van der Waals surface area contributed by atoms with Crippen LogP contribution in [-0.2, 0) is 4.79 Å². The number of rotatable bonds is 4. The van der Waals surface area contributed by atoms with Gasteiger partial charge < -0.3 is 4.90 Å². The molecule has 1 aromatic rings. The van der Waals surface area contributed by atoms with Crippen LogP contribution in [0.25, 0.3) is 0 Å². The first kappa shape index (κ1) is 11.2. The molecule has 2 rings (SSSR count). The van der Waals surface area contributed by atoms with Crippen LogP contribution >= 0.6 is 0 Å². The average Bonchev–Trinajstić information content (AvgIpc) is 2.80. The van der Waals surface area contributed by atoms with Crippen molar-refractivity contribution in [1.82, 2.24) is 4.90 Å². The SMILES string of the molecule is CCC(c1ccccc1)C1CCCN1C=O. The maximum Gasteiger partial charge on any atom is 0.209 e. The molecular formula is C14H19NO. The molecule has 0 N–H and O–H groups in total. The van der Waals surface area contributed by atoms with E-state index in [0.29, 0.717) is 12.0 Å². The van der Waals surface area contributed by atoms with E-state index in [4.69, 9.17) is 0 Å². The Morgan fingerprint density at radius 1 is 1.44 bits per heavy atom. The van der Waals surface area contributed by atoms with E-state index in [-0.39, 0.29) is 0 Å². The monoisotopic (exact) mass is 217 g/mol. The number of hydrogen-bond donors (Lipinski definition) is 0. The van der Waals surface area contributed by atoms with Gasteiger partial charge in [-0.25, -0.2) is 0 Å². The summed E-state index contributed by atoms with van der Waals surface area (Å²) in [4.78, 5) is 13.0. The highest BCUT2D eigenvalue weighted by atomic mass is 16.1. The second kappa shape index (κ2) is 5.15. The van der Waals surface area contributed by atoms with Crippen LogP contribution in [0.4, 0.5) is 0 Å². The van der Waals surface area contributed by atoms with Gasteiger partial charge in [0.15, 0.2) is 0 Å². The lowest BCUT2D eigenvalue weighted by molar-refractivity contribution is -0.119. The van der Waals surface area contributed by atoms with E-state index in [2.05, 4.69) is 31.2 Å². The molecule has 0 radical (unpaired) electrons. The fraction of sp³-hybridized carbons (Fsp3) is 0.500. The first-order valence-corrected chi connectivity index (χ1v) is 6.12. The number of benzene rings is 1. The minimum Gasteiger partial charge on any atom is -0.342 e. The molecule has 1 fully saturated rings. The van der Waals surface area contributed by atoms with Crippen LogP contribution in [0, 0.1) is 0 Å². The van der Waals surface area contributed by atoms with Crippen molar-refractivity contribution in [3.63, 3.8) is 0 Å². The van der Waals surface area contributed by atoms with Crippen molar-refractivity contribution >= 4 is 6.41 Å². The molecule has 2 atom stereocenters. The zero-order chi connectivity index (χ0) is 11.4. The van der Waals surface area contributed by atoms with Crippen LogP contribution in [0.3, 0.4) is 0 Å². The fourth-order valence-electron chi connectivity index (χ4n) is 2.81. The Morgan fingerprint density at radius 2 is 2.19 bits per heavy atom. The number of carbonyl (C=O) groups is 1. The highest BCUT2D eigenvalue weighted by Crippen LogP contribution is 2.32. The Bertz CT molecular complexity index is 336. The van der Waals surface area contributed by atoms with E-state index in [1.165, 1.54) is 5.56 Å². The highest BCUT2D eigenvalue weighted by molar-refractivity contribution is 5.49. The molecule has 0 aliphatic carbocycles. The predicted molar refractivity (Wildman–Crippen MR) is 65.3 cm³/mol. The smallest absolute Gasteiger partial charge is 0.209 e. The molecule has 1 heterocycles. The van der Waals surface area contributed by atoms with Crippen LogP contribution in [0.5, 0.6) is 0 Å². The number of carbonyl (C=O) groups excluding carboxylic acids is 1. The molecule has 1 amide bonds. The van der Waals surface area contributed by atoms with E-state index < -0.39 is 0 Å². The molecular weight excluding hydrogens is 198 g/mol. The van der Waals surface area contributed by atoms with E-state index in [0.717, 1.165) is 32.2 Å². The normalized spacial score (nSPS) is 22.1. The maximum absolute atomic E-state index is 11.0. The van der Waals surface area contributed by atoms with Crippen molar-refractivity contribution in [1.29, 1.82) is 0 Å². The predicted octanol–water partition coefficient (Wildman–Crippen LogP) is 2.80. The lowest BCUT2D eigenvalue weighted by Gasteiger charge is -2.28. The van der Waals surface area contributed by atoms with Crippen molar-refractivity contribution in [2.24, 2.45) is 0 Å². The van der Waals surface area contributed by atoms with Crippen LogP contribution < -0.4 is 0 Å². The topological polar surface area (TPSA) is 20.3 Å². The van der Waals surface area contributed by atoms with Crippen molar-refractivity contribution < 1.29 is 4.79 Å². The molecule has 1 saturated heterocycles. The molecule has 2 nitrogen and oxygen atoms in total. The molecule has 1 aliphatic heterocycles. The second-order valence-electron chi connectivity index (χ2n) is 4.48. The summed E-state index contributed by atoms with van der Waals surface area (Å²) in [5.41, 5.74) is 1.36. The highest BCUT2D eigenvalue weighted by Gasteiger charge is 2.30. The third-order valence-corrected chi connectivity index (χ3v) is 3.61. The van der Waals surface area contributed by atoms with Gasteiger partial charge in [0.2, 0.25) is 6.41 Å². The van der Waals surface area contributed by atoms with Gasteiger partial charge in [0, 0.05) is 18.5 Å². The lowest BCUT2D eigenvalue weighted by Crippen LogP contribution is -2.33. The van der Waals surface area contributed by atoms with Gasteiger partial charge in [-0.15, -0.1) is 0 Å². The quantitative estimate of drug-likeness (QED) is 0.710. The number of likely N-dealkylation sites (tertiary alicyclic amines) is 1. The van der Waals surface area contributed by atoms with Gasteiger partial charge in [0.05, 0.1) is 0 Å². The van der Waals surface area contributed by atoms with Crippen LogP contribution in [-0.4, -0.2) is 23.9 Å². The lowest BCUT2D eigenvalue weighted by atomic mass is 9.88. The van der Waals surface area contributed by atoms with Crippen molar-refractivity contribution in [2.45, 2.75) is 38.1 Å². The summed E-state index contributed by atoms with van der Waals surface area (Å²) in [6.07, 6.45) is 4.40. The van der Waals surface area contributed by atoms with Gasteiger partial charge >= 0.3 is 0 Å². The Kier molecular flexibility index (Phi) is 3.60. The molecule has 1 aliphatic rings. The first-order chi connectivity index (χ1) is 7.86. The summed E-state index contributed by atoms with van der Waals surface area (Å²) in [6.45, 7) is 3.14. The fourth-order valence-corrected chi connectivity index (χ4v) is 2.81. The first-order valence-electron chi connectivity index (χ1n) is 6.12. The summed E-state index contributed by atoms with van der Waals surface area (Å²) in [5, 5.41) is 0. The molecule has 86 valence electrons. The zero-order valence-corrected chi connectivity index (χ0v) is 9.80. The molecule has 0 bridgehead atoms. The largest absolute Gasteiger partial charge is 0.342 e. The van der Waals surface area contributed by atoms with E-state index in [1.54, 1.807) is 0 Å². The summed E-state index contributed by atoms with van der Waals surface area (Å²) in [7, 11) is 0. The van der Waals surface area contributed by atoms with Gasteiger partial charge in [0.1, 0.15) is 0 Å². The molecule has 16 heavy (non-hydrogen) atoms. The van der Waals surface area contributed by atoms with Gasteiger partial charge in [-0.3, -0.25) is 4.79 Å². The summed E-state index contributed by atoms with van der Waals surface area (Å²) < 4.78 is 0. The standard InChI is InChI=1S/C14H19NO/c1-2-13(12-7-4-3-5-8-12)14-9-6-10-15(14)11-16/h3-5,7-8,11,13-14H,2,6,9-10H2,1H3. The summed E-state index contributed by atoms with van der Waals surface area (Å²) in [6, 6.07) is 11.0. The van der Waals surface area contributed by atoms with Gasteiger partial charge in [-0.2, -0.15) is 0 Å². The summed E-state index contributed by atoms with van der Waals surface area (Å²) in [5.74, 6) is 0.494. The molecule has 0 spiro atoms. The zero-order valence-electron chi connectivity index (χ0n) is 9.80. The number of amides is 1. The van der Waals surface area contributed by atoms with Crippen LogP contribution in [0.2, 0.25) is 0 Å². The molecule has 2 heteroatoms. The molecule has 1 aromatic carbocycles. The van der Waals surface area contributed by atoms with Crippen LogP contribution in [0.15, 0.2) is 30.3 Å². The van der Waals surface area contributed by atoms with Gasteiger partial charge in [-0.05, 0) is 24.8 Å². The Balaban J connectivity index is 2.19. The van der Waals surface area contributed by atoms with Crippen molar-refractivity contribution in [3.8, 4) is 0 Å². The van der Waals surface area contributed by atoms with E-state index >= 15 is 0 Å². The van der Waals surface area contributed by atoms with Gasteiger partial charge in [0.25, 0.3) is 0 Å². The molecule has 0 saturated carbocycles. The second-order valence-corrected chi connectivity index (χ2v) is 4.48. The maximum atomic E-state index is 11.0. The summed E-state index contributed by atoms with van der Waals surface area (Å²) >= 11 is 0. The van der Waals surface area contributed by atoms with Crippen molar-refractivity contribution in [3.05, 3.63) is 35.9 Å².